The number of rotatable bonds is 3. The topological polar surface area (TPSA) is 53.6 Å². The summed E-state index contributed by atoms with van der Waals surface area (Å²) in [6.45, 7) is 4.49. The summed E-state index contributed by atoms with van der Waals surface area (Å²) in [5.74, 6) is 1.06. The van der Waals surface area contributed by atoms with Gasteiger partial charge in [0.15, 0.2) is 5.82 Å². The number of halogens is 1. The Hall–Kier alpha value is -1.73. The number of nitrogens with zero attached hydrogens (tertiary/aromatic N) is 3. The molecule has 2 aromatic rings. The second-order valence-corrected chi connectivity index (χ2v) is 4.91. The summed E-state index contributed by atoms with van der Waals surface area (Å²) in [6, 6.07) is 5.96. The van der Waals surface area contributed by atoms with Crippen LogP contribution < -0.4 is 5.32 Å². The fourth-order valence-corrected chi connectivity index (χ4v) is 2.36. The molecule has 0 aliphatic carbocycles. The number of aryl methyl sites for hydroxylation is 1. The van der Waals surface area contributed by atoms with E-state index in [1.165, 1.54) is 5.56 Å². The van der Waals surface area contributed by atoms with Gasteiger partial charge >= 0.3 is 0 Å². The molecule has 18 heavy (non-hydrogen) atoms. The SMILES string of the molecule is CC(C)c1ccc(Cl)c2c(NCC#N)nn(C)c12. The van der Waals surface area contributed by atoms with Crippen molar-refractivity contribution in [2.24, 2.45) is 7.05 Å². The van der Waals surface area contributed by atoms with Gasteiger partial charge in [0.25, 0.3) is 0 Å². The quantitative estimate of drug-likeness (QED) is 0.864. The van der Waals surface area contributed by atoms with E-state index in [0.717, 1.165) is 10.9 Å². The van der Waals surface area contributed by atoms with Gasteiger partial charge in [0, 0.05) is 7.05 Å². The number of benzene rings is 1. The van der Waals surface area contributed by atoms with E-state index in [9.17, 15) is 0 Å². The van der Waals surface area contributed by atoms with Crippen LogP contribution in [0.2, 0.25) is 5.02 Å². The van der Waals surface area contributed by atoms with Crippen LogP contribution >= 0.6 is 11.6 Å². The van der Waals surface area contributed by atoms with Crippen molar-refractivity contribution in [3.8, 4) is 6.07 Å². The lowest BCUT2D eigenvalue weighted by Gasteiger charge is -2.09. The van der Waals surface area contributed by atoms with E-state index in [1.54, 1.807) is 0 Å². The van der Waals surface area contributed by atoms with E-state index in [0.29, 0.717) is 16.8 Å². The molecule has 1 aromatic carbocycles. The van der Waals surface area contributed by atoms with Crippen LogP contribution in [0.15, 0.2) is 12.1 Å². The van der Waals surface area contributed by atoms with Crippen LogP contribution in [0.3, 0.4) is 0 Å². The van der Waals surface area contributed by atoms with Gasteiger partial charge in [0.2, 0.25) is 0 Å². The predicted molar refractivity (Wildman–Crippen MR) is 73.9 cm³/mol. The minimum absolute atomic E-state index is 0.217. The molecule has 0 unspecified atom stereocenters. The largest absolute Gasteiger partial charge is 0.355 e. The second-order valence-electron chi connectivity index (χ2n) is 4.50. The predicted octanol–water partition coefficient (Wildman–Crippen LogP) is 3.29. The van der Waals surface area contributed by atoms with Crippen molar-refractivity contribution in [3.05, 3.63) is 22.7 Å². The Morgan fingerprint density at radius 3 is 2.83 bits per heavy atom. The molecular weight excluding hydrogens is 248 g/mol. The lowest BCUT2D eigenvalue weighted by molar-refractivity contribution is 0.781. The van der Waals surface area contributed by atoms with Crippen molar-refractivity contribution in [3.63, 3.8) is 0 Å². The van der Waals surface area contributed by atoms with Crippen LogP contribution in [0.1, 0.15) is 25.3 Å². The van der Waals surface area contributed by atoms with E-state index < -0.39 is 0 Å². The molecule has 0 bridgehead atoms. The molecule has 0 aliphatic heterocycles. The number of nitrogens with one attached hydrogen (secondary N) is 1. The zero-order valence-electron chi connectivity index (χ0n) is 10.7. The Kier molecular flexibility index (Phi) is 3.44. The molecule has 0 saturated carbocycles. The van der Waals surface area contributed by atoms with Crippen molar-refractivity contribution in [1.29, 1.82) is 5.26 Å². The third-order valence-electron chi connectivity index (χ3n) is 2.93. The molecule has 1 heterocycles. The smallest absolute Gasteiger partial charge is 0.158 e. The van der Waals surface area contributed by atoms with Gasteiger partial charge in [-0.1, -0.05) is 31.5 Å². The van der Waals surface area contributed by atoms with Gasteiger partial charge in [0.1, 0.15) is 6.54 Å². The van der Waals surface area contributed by atoms with Crippen LogP contribution in [0, 0.1) is 11.3 Å². The monoisotopic (exact) mass is 262 g/mol. The number of anilines is 1. The summed E-state index contributed by atoms with van der Waals surface area (Å²) in [7, 11) is 1.89. The summed E-state index contributed by atoms with van der Waals surface area (Å²) in [4.78, 5) is 0. The summed E-state index contributed by atoms with van der Waals surface area (Å²) in [6.07, 6.45) is 0. The van der Waals surface area contributed by atoms with Crippen molar-refractivity contribution in [2.45, 2.75) is 19.8 Å². The maximum Gasteiger partial charge on any atom is 0.158 e. The molecule has 4 nitrogen and oxygen atoms in total. The fraction of sp³-hybridized carbons (Fsp3) is 0.385. The molecule has 0 amide bonds. The second kappa shape index (κ2) is 4.87. The van der Waals surface area contributed by atoms with E-state index in [-0.39, 0.29) is 6.54 Å². The van der Waals surface area contributed by atoms with Gasteiger partial charge in [-0.25, -0.2) is 0 Å². The van der Waals surface area contributed by atoms with Gasteiger partial charge in [-0.3, -0.25) is 4.68 Å². The fourth-order valence-electron chi connectivity index (χ4n) is 2.12. The van der Waals surface area contributed by atoms with Crippen LogP contribution in [0.5, 0.6) is 0 Å². The minimum Gasteiger partial charge on any atom is -0.355 e. The van der Waals surface area contributed by atoms with E-state index >= 15 is 0 Å². The van der Waals surface area contributed by atoms with Gasteiger partial charge in [-0.15, -0.1) is 0 Å². The zero-order valence-corrected chi connectivity index (χ0v) is 11.4. The first-order valence-corrected chi connectivity index (χ1v) is 6.20. The van der Waals surface area contributed by atoms with E-state index in [4.69, 9.17) is 16.9 Å². The highest BCUT2D eigenvalue weighted by atomic mass is 35.5. The number of nitriles is 1. The van der Waals surface area contributed by atoms with Crippen molar-refractivity contribution < 1.29 is 0 Å². The lowest BCUT2D eigenvalue weighted by Crippen LogP contribution is -2.00. The number of hydrogen-bond acceptors (Lipinski definition) is 3. The number of hydrogen-bond donors (Lipinski definition) is 1. The van der Waals surface area contributed by atoms with E-state index in [1.807, 2.05) is 29.9 Å². The standard InChI is InChI=1S/C13H15ClN4/c1-8(2)9-4-5-10(14)11-12(9)18(3)17-13(11)16-7-6-15/h4-5,8H,7H2,1-3H3,(H,16,17). The third-order valence-corrected chi connectivity index (χ3v) is 3.24. The Morgan fingerprint density at radius 1 is 1.50 bits per heavy atom. The van der Waals surface area contributed by atoms with Crippen LogP contribution in [-0.2, 0) is 7.05 Å². The molecule has 0 radical (unpaired) electrons. The minimum atomic E-state index is 0.217. The number of aromatic nitrogens is 2. The molecule has 94 valence electrons. The normalized spacial score (nSPS) is 10.9. The lowest BCUT2D eigenvalue weighted by atomic mass is 10.0. The average Bonchev–Trinajstić information content (AvgIpc) is 2.65. The maximum atomic E-state index is 8.64. The van der Waals surface area contributed by atoms with Gasteiger partial charge in [-0.05, 0) is 17.5 Å². The molecule has 2 rings (SSSR count). The summed E-state index contributed by atoms with van der Waals surface area (Å²) < 4.78 is 1.82. The molecule has 0 saturated heterocycles. The Morgan fingerprint density at radius 2 is 2.22 bits per heavy atom. The highest BCUT2D eigenvalue weighted by Gasteiger charge is 2.16. The number of fused-ring (bicyclic) bond motifs is 1. The molecule has 1 aromatic heterocycles. The Balaban J connectivity index is 2.70. The molecular formula is C13H15ClN4. The molecule has 0 aliphatic rings. The first-order chi connectivity index (χ1) is 8.56. The highest BCUT2D eigenvalue weighted by molar-refractivity contribution is 6.36. The molecule has 0 atom stereocenters. The zero-order chi connectivity index (χ0) is 13.3. The summed E-state index contributed by atoms with van der Waals surface area (Å²) >= 11 is 6.25. The van der Waals surface area contributed by atoms with E-state index in [2.05, 4.69) is 24.3 Å². The Bertz CT molecular complexity index is 622. The van der Waals surface area contributed by atoms with Crippen molar-refractivity contribution >= 4 is 28.3 Å². The van der Waals surface area contributed by atoms with Crippen molar-refractivity contribution in [1.82, 2.24) is 9.78 Å². The molecule has 0 fully saturated rings. The highest BCUT2D eigenvalue weighted by Crippen LogP contribution is 2.34. The summed E-state index contributed by atoms with van der Waals surface area (Å²) in [5, 5.41) is 17.6. The molecule has 1 N–H and O–H groups in total. The molecule has 5 heteroatoms. The third kappa shape index (κ3) is 2.02. The first kappa shape index (κ1) is 12.7. The summed E-state index contributed by atoms with van der Waals surface area (Å²) in [5.41, 5.74) is 2.23. The van der Waals surface area contributed by atoms with Crippen molar-refractivity contribution in [2.75, 3.05) is 11.9 Å². The van der Waals surface area contributed by atoms with Gasteiger partial charge in [0.05, 0.1) is 22.0 Å². The molecule has 0 spiro atoms. The maximum absolute atomic E-state index is 8.64. The Labute approximate surface area is 111 Å². The average molecular weight is 263 g/mol. The van der Waals surface area contributed by atoms with Gasteiger partial charge in [-0.2, -0.15) is 10.4 Å². The van der Waals surface area contributed by atoms with Crippen LogP contribution in [0.4, 0.5) is 5.82 Å². The van der Waals surface area contributed by atoms with Crippen LogP contribution in [0.25, 0.3) is 10.9 Å². The van der Waals surface area contributed by atoms with Crippen LogP contribution in [-0.4, -0.2) is 16.3 Å². The van der Waals surface area contributed by atoms with Gasteiger partial charge < -0.3 is 5.32 Å². The first-order valence-electron chi connectivity index (χ1n) is 5.82.